The molecule has 82 valence electrons. The highest BCUT2D eigenvalue weighted by Gasteiger charge is 2.17. The number of carboxylic acids is 1. The van der Waals surface area contributed by atoms with Gasteiger partial charge in [-0.1, -0.05) is 23.2 Å². The summed E-state index contributed by atoms with van der Waals surface area (Å²) in [5.74, 6) is -1.18. The second-order valence-electron chi connectivity index (χ2n) is 2.69. The Morgan fingerprint density at radius 1 is 1.47 bits per heavy atom. The van der Waals surface area contributed by atoms with Crippen molar-refractivity contribution in [1.82, 2.24) is 4.98 Å². The van der Waals surface area contributed by atoms with Crippen LogP contribution in [-0.4, -0.2) is 16.1 Å². The van der Waals surface area contributed by atoms with Crippen molar-refractivity contribution in [3.63, 3.8) is 0 Å². The summed E-state index contributed by atoms with van der Waals surface area (Å²) in [6.07, 6.45) is -3.28. The van der Waals surface area contributed by atoms with Crippen LogP contribution in [0.3, 0.4) is 0 Å². The standard InChI is InChI=1S/C8H5Cl2F2NO2/c9-6-3(2-5(14)15)1-4(8(11)12)7(10)13-6/h1,8H,2H2,(H,14,15). The minimum absolute atomic E-state index is 0.0175. The molecule has 0 radical (unpaired) electrons. The van der Waals surface area contributed by atoms with Crippen LogP contribution in [0.1, 0.15) is 17.6 Å². The fourth-order valence-corrected chi connectivity index (χ4v) is 1.44. The van der Waals surface area contributed by atoms with E-state index in [-0.39, 0.29) is 10.7 Å². The molecule has 0 unspecified atom stereocenters. The summed E-state index contributed by atoms with van der Waals surface area (Å²) in [7, 11) is 0. The van der Waals surface area contributed by atoms with Crippen LogP contribution >= 0.6 is 23.2 Å². The van der Waals surface area contributed by atoms with Crippen molar-refractivity contribution in [3.8, 4) is 0 Å². The van der Waals surface area contributed by atoms with Crippen LogP contribution in [-0.2, 0) is 11.2 Å². The molecule has 3 nitrogen and oxygen atoms in total. The SMILES string of the molecule is O=C(O)Cc1cc(C(F)F)c(Cl)nc1Cl. The maximum Gasteiger partial charge on any atom is 0.307 e. The Morgan fingerprint density at radius 3 is 2.53 bits per heavy atom. The second-order valence-corrected chi connectivity index (χ2v) is 3.41. The molecule has 0 aliphatic carbocycles. The summed E-state index contributed by atoms with van der Waals surface area (Å²) < 4.78 is 24.7. The average molecular weight is 256 g/mol. The van der Waals surface area contributed by atoms with E-state index in [0.717, 1.165) is 6.07 Å². The first-order valence-electron chi connectivity index (χ1n) is 3.76. The van der Waals surface area contributed by atoms with Crippen molar-refractivity contribution in [2.75, 3.05) is 0 Å². The molecule has 7 heteroatoms. The van der Waals surface area contributed by atoms with Crippen molar-refractivity contribution in [1.29, 1.82) is 0 Å². The first kappa shape index (κ1) is 12.1. The van der Waals surface area contributed by atoms with Gasteiger partial charge in [-0.25, -0.2) is 13.8 Å². The molecular weight excluding hydrogens is 251 g/mol. The highest BCUT2D eigenvalue weighted by Crippen LogP contribution is 2.29. The molecule has 0 spiro atoms. The van der Waals surface area contributed by atoms with Crippen LogP contribution in [0, 0.1) is 0 Å². The number of nitrogens with zero attached hydrogens (tertiary/aromatic N) is 1. The maximum atomic E-state index is 12.4. The molecule has 0 fully saturated rings. The molecule has 0 aromatic carbocycles. The van der Waals surface area contributed by atoms with E-state index in [9.17, 15) is 13.6 Å². The van der Waals surface area contributed by atoms with Crippen LogP contribution in [0.25, 0.3) is 0 Å². The Kier molecular flexibility index (Phi) is 3.82. The molecule has 0 saturated carbocycles. The highest BCUT2D eigenvalue weighted by molar-refractivity contribution is 6.33. The van der Waals surface area contributed by atoms with Crippen LogP contribution in [0.2, 0.25) is 10.3 Å². The summed E-state index contributed by atoms with van der Waals surface area (Å²) in [5.41, 5.74) is -0.499. The number of halogens is 4. The van der Waals surface area contributed by atoms with Crippen molar-refractivity contribution in [2.45, 2.75) is 12.8 Å². The first-order chi connectivity index (χ1) is 6.91. The minimum Gasteiger partial charge on any atom is -0.481 e. The monoisotopic (exact) mass is 255 g/mol. The maximum absolute atomic E-state index is 12.4. The molecule has 1 aromatic rings. The quantitative estimate of drug-likeness (QED) is 0.846. The number of pyridine rings is 1. The molecule has 1 N–H and O–H groups in total. The summed E-state index contributed by atoms with van der Waals surface area (Å²) in [4.78, 5) is 13.8. The van der Waals surface area contributed by atoms with Crippen LogP contribution in [0.4, 0.5) is 8.78 Å². The van der Waals surface area contributed by atoms with Gasteiger partial charge in [0.05, 0.1) is 12.0 Å². The Labute approximate surface area is 93.6 Å². The molecule has 0 aliphatic rings. The molecule has 0 amide bonds. The number of carboxylic acid groups (broad SMARTS) is 1. The van der Waals surface area contributed by atoms with Gasteiger partial charge in [-0.15, -0.1) is 0 Å². The van der Waals surface area contributed by atoms with E-state index in [1.807, 2.05) is 0 Å². The van der Waals surface area contributed by atoms with E-state index >= 15 is 0 Å². The largest absolute Gasteiger partial charge is 0.481 e. The predicted molar refractivity (Wildman–Crippen MR) is 50.6 cm³/mol. The topological polar surface area (TPSA) is 50.2 Å². The fraction of sp³-hybridized carbons (Fsp3) is 0.250. The Hall–Kier alpha value is -0.940. The summed E-state index contributed by atoms with van der Waals surface area (Å²) in [5, 5.41) is 7.90. The number of carbonyl (C=O) groups is 1. The van der Waals surface area contributed by atoms with E-state index in [4.69, 9.17) is 28.3 Å². The zero-order valence-corrected chi connectivity index (χ0v) is 8.69. The van der Waals surface area contributed by atoms with Gasteiger partial charge in [-0.3, -0.25) is 4.79 Å². The van der Waals surface area contributed by atoms with Gasteiger partial charge in [0.1, 0.15) is 10.3 Å². The van der Waals surface area contributed by atoms with Crippen LogP contribution in [0.5, 0.6) is 0 Å². The number of hydrogen-bond donors (Lipinski definition) is 1. The van der Waals surface area contributed by atoms with Gasteiger partial charge in [-0.2, -0.15) is 0 Å². The highest BCUT2D eigenvalue weighted by atomic mass is 35.5. The second kappa shape index (κ2) is 4.72. The lowest BCUT2D eigenvalue weighted by molar-refractivity contribution is -0.136. The van der Waals surface area contributed by atoms with Crippen molar-refractivity contribution >= 4 is 29.2 Å². The van der Waals surface area contributed by atoms with Gasteiger partial charge in [0.2, 0.25) is 0 Å². The van der Waals surface area contributed by atoms with Crippen LogP contribution < -0.4 is 0 Å². The number of alkyl halides is 2. The minimum atomic E-state index is -2.81. The molecule has 1 heterocycles. The van der Waals surface area contributed by atoms with Crippen molar-refractivity contribution in [2.24, 2.45) is 0 Å². The van der Waals surface area contributed by atoms with Gasteiger partial charge < -0.3 is 5.11 Å². The third kappa shape index (κ3) is 3.00. The molecule has 0 atom stereocenters. The summed E-state index contributed by atoms with van der Waals surface area (Å²) in [6.45, 7) is 0. The van der Waals surface area contributed by atoms with Crippen molar-refractivity contribution < 1.29 is 18.7 Å². The third-order valence-corrected chi connectivity index (χ3v) is 2.24. The third-order valence-electron chi connectivity index (χ3n) is 1.61. The van der Waals surface area contributed by atoms with E-state index < -0.39 is 29.5 Å². The molecule has 1 aromatic heterocycles. The zero-order valence-electron chi connectivity index (χ0n) is 7.18. The van der Waals surface area contributed by atoms with Gasteiger partial charge >= 0.3 is 5.97 Å². The van der Waals surface area contributed by atoms with Gasteiger partial charge in [-0.05, 0) is 6.07 Å². The van der Waals surface area contributed by atoms with Gasteiger partial charge in [0.15, 0.2) is 0 Å². The Bertz CT molecular complexity index is 398. The van der Waals surface area contributed by atoms with E-state index in [0.29, 0.717) is 0 Å². The predicted octanol–water partition coefficient (Wildman–Crippen LogP) is 2.95. The molecule has 0 aliphatic heterocycles. The van der Waals surface area contributed by atoms with E-state index in [2.05, 4.69) is 4.98 Å². The summed E-state index contributed by atoms with van der Waals surface area (Å²) >= 11 is 11.0. The number of aliphatic carboxylic acids is 1. The number of hydrogen-bond acceptors (Lipinski definition) is 2. The van der Waals surface area contributed by atoms with Gasteiger partial charge in [0, 0.05) is 5.56 Å². The molecular formula is C8H5Cl2F2NO2. The van der Waals surface area contributed by atoms with E-state index in [1.165, 1.54) is 0 Å². The van der Waals surface area contributed by atoms with Gasteiger partial charge in [0.25, 0.3) is 6.43 Å². The number of aromatic nitrogens is 1. The average Bonchev–Trinajstić information content (AvgIpc) is 2.08. The lowest BCUT2D eigenvalue weighted by Gasteiger charge is -2.06. The molecule has 15 heavy (non-hydrogen) atoms. The molecule has 0 saturated heterocycles. The Morgan fingerprint density at radius 2 is 2.07 bits per heavy atom. The van der Waals surface area contributed by atoms with Crippen LogP contribution in [0.15, 0.2) is 6.07 Å². The number of rotatable bonds is 3. The molecule has 0 bridgehead atoms. The first-order valence-corrected chi connectivity index (χ1v) is 4.52. The Balaban J connectivity index is 3.17. The zero-order chi connectivity index (χ0) is 11.6. The lowest BCUT2D eigenvalue weighted by Crippen LogP contribution is -2.03. The smallest absolute Gasteiger partial charge is 0.307 e. The normalized spacial score (nSPS) is 10.7. The van der Waals surface area contributed by atoms with Crippen molar-refractivity contribution in [3.05, 3.63) is 27.5 Å². The van der Waals surface area contributed by atoms with E-state index in [1.54, 1.807) is 0 Å². The molecule has 1 rings (SSSR count). The fourth-order valence-electron chi connectivity index (χ4n) is 0.969. The summed E-state index contributed by atoms with van der Waals surface area (Å²) in [6, 6.07) is 0.955. The lowest BCUT2D eigenvalue weighted by atomic mass is 10.1.